The lowest BCUT2D eigenvalue weighted by atomic mass is 9.82. The minimum Gasteiger partial charge on any atom is -0.487 e. The van der Waals surface area contributed by atoms with E-state index in [0.717, 1.165) is 46.7 Å². The van der Waals surface area contributed by atoms with Crippen molar-refractivity contribution in [2.45, 2.75) is 31.8 Å². The predicted octanol–water partition coefficient (Wildman–Crippen LogP) is 4.43. The smallest absolute Gasteiger partial charge is 0.163 e. The second kappa shape index (κ2) is 6.62. The first-order chi connectivity index (χ1) is 14.0. The molecule has 1 N–H and O–H groups in total. The Balaban J connectivity index is 1.51. The number of aryl methyl sites for hydroxylation is 2. The van der Waals surface area contributed by atoms with Gasteiger partial charge in [0.15, 0.2) is 5.65 Å². The summed E-state index contributed by atoms with van der Waals surface area (Å²) in [5, 5.41) is 13.3. The molecule has 0 saturated heterocycles. The lowest BCUT2D eigenvalue weighted by Gasteiger charge is -2.38. The Hall–Kier alpha value is -3.35. The average Bonchev–Trinajstić information content (AvgIpc) is 3.25. The summed E-state index contributed by atoms with van der Waals surface area (Å²) in [4.78, 5) is 4.76. The molecule has 0 unspecified atom stereocenters. The summed E-state index contributed by atoms with van der Waals surface area (Å²) in [6.07, 6.45) is 5.17. The molecule has 0 amide bonds. The van der Waals surface area contributed by atoms with Gasteiger partial charge in [0.2, 0.25) is 0 Å². The predicted molar refractivity (Wildman–Crippen MR) is 113 cm³/mol. The third kappa shape index (κ3) is 3.22. The number of ether oxygens (including phenoxy) is 1. The van der Waals surface area contributed by atoms with E-state index < -0.39 is 0 Å². The fourth-order valence-electron chi connectivity index (χ4n) is 3.74. The first-order valence-corrected chi connectivity index (χ1v) is 9.89. The summed E-state index contributed by atoms with van der Waals surface area (Å²) in [7, 11) is 3.82. The van der Waals surface area contributed by atoms with Crippen LogP contribution in [0.4, 0.5) is 11.6 Å². The van der Waals surface area contributed by atoms with Gasteiger partial charge in [-0.15, -0.1) is 0 Å². The number of hydrogen-bond donors (Lipinski definition) is 1. The van der Waals surface area contributed by atoms with Crippen LogP contribution in [0.25, 0.3) is 22.3 Å². The molecule has 7 nitrogen and oxygen atoms in total. The zero-order valence-electron chi connectivity index (χ0n) is 16.9. The molecular formula is C22H24N6O. The highest BCUT2D eigenvalue weighted by molar-refractivity contribution is 5.84. The molecule has 148 valence electrons. The van der Waals surface area contributed by atoms with Crippen LogP contribution >= 0.6 is 0 Å². The molecule has 3 heterocycles. The number of hydrogen-bond acceptors (Lipinski definition) is 5. The number of nitrogens with zero attached hydrogens (tertiary/aromatic N) is 5. The highest BCUT2D eigenvalue weighted by atomic mass is 16.5. The van der Waals surface area contributed by atoms with Crippen molar-refractivity contribution in [3.63, 3.8) is 0 Å². The van der Waals surface area contributed by atoms with Gasteiger partial charge < -0.3 is 10.1 Å². The van der Waals surface area contributed by atoms with E-state index >= 15 is 0 Å². The van der Waals surface area contributed by atoms with Crippen LogP contribution in [0.15, 0.2) is 48.7 Å². The van der Waals surface area contributed by atoms with Crippen molar-refractivity contribution < 1.29 is 4.74 Å². The van der Waals surface area contributed by atoms with Crippen molar-refractivity contribution in [2.75, 3.05) is 5.32 Å². The number of anilines is 2. The molecule has 0 radical (unpaired) electrons. The van der Waals surface area contributed by atoms with Crippen LogP contribution in [0, 0.1) is 0 Å². The van der Waals surface area contributed by atoms with E-state index in [9.17, 15) is 0 Å². The van der Waals surface area contributed by atoms with Crippen LogP contribution in [0.1, 0.15) is 26.2 Å². The van der Waals surface area contributed by atoms with E-state index in [1.54, 1.807) is 4.68 Å². The van der Waals surface area contributed by atoms with Gasteiger partial charge in [0.25, 0.3) is 0 Å². The fourth-order valence-corrected chi connectivity index (χ4v) is 3.74. The first kappa shape index (κ1) is 17.7. The Bertz CT molecular complexity index is 1170. The van der Waals surface area contributed by atoms with Gasteiger partial charge in [-0.25, -0.2) is 4.98 Å². The topological polar surface area (TPSA) is 69.8 Å². The molecule has 3 aromatic heterocycles. The number of aromatic nitrogens is 5. The minimum absolute atomic E-state index is 0.103. The molecule has 1 aliphatic carbocycles. The number of rotatable bonds is 5. The van der Waals surface area contributed by atoms with Gasteiger partial charge >= 0.3 is 0 Å². The molecule has 4 aromatic rings. The minimum atomic E-state index is -0.103. The van der Waals surface area contributed by atoms with Gasteiger partial charge in [0.05, 0.1) is 17.3 Å². The molecule has 0 atom stereocenters. The number of nitrogens with one attached hydrogen (secondary N) is 1. The maximum absolute atomic E-state index is 6.39. The standard InChI is InChI=1S/C22H24N6O/c1-22(10-7-11-22)29-18-13-19(25-21-16(18)14-23-28(21)3)24-20-12-17(26-27(20)2)15-8-5-4-6-9-15/h4-6,8-9,12-14H,7,10-11H2,1-3H3,(H,24,25). The van der Waals surface area contributed by atoms with Crippen molar-refractivity contribution in [1.82, 2.24) is 24.5 Å². The quantitative estimate of drug-likeness (QED) is 0.548. The Labute approximate surface area is 169 Å². The second-order valence-corrected chi connectivity index (χ2v) is 7.95. The van der Waals surface area contributed by atoms with Crippen molar-refractivity contribution in [3.8, 4) is 17.0 Å². The number of pyridine rings is 1. The van der Waals surface area contributed by atoms with Crippen LogP contribution in [0.3, 0.4) is 0 Å². The lowest BCUT2D eigenvalue weighted by molar-refractivity contribution is 0.0127. The molecule has 0 spiro atoms. The van der Waals surface area contributed by atoms with Gasteiger partial charge in [-0.2, -0.15) is 10.2 Å². The molecule has 7 heteroatoms. The van der Waals surface area contributed by atoms with Crippen molar-refractivity contribution in [3.05, 3.63) is 48.7 Å². The van der Waals surface area contributed by atoms with Crippen LogP contribution in [-0.2, 0) is 14.1 Å². The zero-order valence-corrected chi connectivity index (χ0v) is 16.9. The van der Waals surface area contributed by atoms with E-state index in [2.05, 4.69) is 34.6 Å². The SMILES string of the molecule is Cn1nc(-c2ccccc2)cc1Nc1cc(OC2(C)CCC2)c2cnn(C)c2n1. The van der Waals surface area contributed by atoms with Crippen LogP contribution < -0.4 is 10.1 Å². The zero-order chi connectivity index (χ0) is 20.0. The highest BCUT2D eigenvalue weighted by Crippen LogP contribution is 2.39. The third-order valence-corrected chi connectivity index (χ3v) is 5.64. The number of fused-ring (bicyclic) bond motifs is 1. The van der Waals surface area contributed by atoms with E-state index in [0.29, 0.717) is 5.82 Å². The monoisotopic (exact) mass is 388 g/mol. The molecule has 1 saturated carbocycles. The van der Waals surface area contributed by atoms with E-state index in [-0.39, 0.29) is 5.60 Å². The maximum atomic E-state index is 6.39. The Morgan fingerprint density at radius 1 is 1.07 bits per heavy atom. The molecule has 5 rings (SSSR count). The van der Waals surface area contributed by atoms with Crippen LogP contribution in [0.2, 0.25) is 0 Å². The lowest BCUT2D eigenvalue weighted by Crippen LogP contribution is -2.39. The van der Waals surface area contributed by atoms with Crippen molar-refractivity contribution >= 4 is 22.7 Å². The summed E-state index contributed by atoms with van der Waals surface area (Å²) in [5.74, 6) is 2.39. The van der Waals surface area contributed by atoms with E-state index in [4.69, 9.17) is 9.72 Å². The third-order valence-electron chi connectivity index (χ3n) is 5.64. The molecule has 1 aliphatic rings. The summed E-state index contributed by atoms with van der Waals surface area (Å²) >= 11 is 0. The molecular weight excluding hydrogens is 364 g/mol. The van der Waals surface area contributed by atoms with Gasteiger partial charge in [-0.3, -0.25) is 9.36 Å². The average molecular weight is 388 g/mol. The molecule has 0 aliphatic heterocycles. The Morgan fingerprint density at radius 3 is 2.59 bits per heavy atom. The second-order valence-electron chi connectivity index (χ2n) is 7.95. The van der Waals surface area contributed by atoms with E-state index in [1.165, 1.54) is 6.42 Å². The van der Waals surface area contributed by atoms with Gasteiger partial charge in [0, 0.05) is 31.8 Å². The summed E-state index contributed by atoms with van der Waals surface area (Å²) in [5.41, 5.74) is 2.68. The van der Waals surface area contributed by atoms with Gasteiger partial charge in [-0.05, 0) is 26.2 Å². The first-order valence-electron chi connectivity index (χ1n) is 9.89. The Morgan fingerprint density at radius 2 is 1.86 bits per heavy atom. The molecule has 29 heavy (non-hydrogen) atoms. The van der Waals surface area contributed by atoms with Crippen LogP contribution in [0.5, 0.6) is 5.75 Å². The fraction of sp³-hybridized carbons (Fsp3) is 0.318. The van der Waals surface area contributed by atoms with Crippen molar-refractivity contribution in [1.29, 1.82) is 0 Å². The van der Waals surface area contributed by atoms with Crippen LogP contribution in [-0.4, -0.2) is 30.1 Å². The molecule has 0 bridgehead atoms. The normalized spacial score (nSPS) is 15.3. The largest absolute Gasteiger partial charge is 0.487 e. The summed E-state index contributed by atoms with van der Waals surface area (Å²) in [6.45, 7) is 2.17. The molecule has 1 fully saturated rings. The van der Waals surface area contributed by atoms with Crippen molar-refractivity contribution in [2.24, 2.45) is 14.1 Å². The maximum Gasteiger partial charge on any atom is 0.163 e. The van der Waals surface area contributed by atoms with Gasteiger partial charge in [0.1, 0.15) is 23.0 Å². The number of benzene rings is 1. The van der Waals surface area contributed by atoms with E-state index in [1.807, 2.05) is 55.3 Å². The van der Waals surface area contributed by atoms with Gasteiger partial charge in [-0.1, -0.05) is 30.3 Å². The Kier molecular flexibility index (Phi) is 4.04. The highest BCUT2D eigenvalue weighted by Gasteiger charge is 2.34. The summed E-state index contributed by atoms with van der Waals surface area (Å²) < 4.78 is 9.99. The molecule has 1 aromatic carbocycles. The summed E-state index contributed by atoms with van der Waals surface area (Å²) in [6, 6.07) is 14.1.